The Hall–Kier alpha value is -2.93. The standard InChI is InChI=1S/C23H19N/c1-16-12-14-19(15-13-16)23-22(18-8-4-3-5-9-18)21-11-7-6-10-20(21)17(2)24-23/h3-15H,1-2H3. The van der Waals surface area contributed by atoms with Crippen molar-refractivity contribution in [1.29, 1.82) is 0 Å². The Kier molecular flexibility index (Phi) is 3.62. The summed E-state index contributed by atoms with van der Waals surface area (Å²) >= 11 is 0. The lowest BCUT2D eigenvalue weighted by Crippen LogP contribution is -1.95. The molecule has 0 unspecified atom stereocenters. The highest BCUT2D eigenvalue weighted by molar-refractivity contribution is 6.03. The molecule has 4 aromatic rings. The second kappa shape index (κ2) is 5.93. The molecule has 0 aliphatic rings. The quantitative estimate of drug-likeness (QED) is 0.430. The summed E-state index contributed by atoms with van der Waals surface area (Å²) in [7, 11) is 0. The van der Waals surface area contributed by atoms with Gasteiger partial charge in [-0.2, -0.15) is 0 Å². The van der Waals surface area contributed by atoms with Crippen LogP contribution >= 0.6 is 0 Å². The number of fused-ring (bicyclic) bond motifs is 1. The van der Waals surface area contributed by atoms with Crippen molar-refractivity contribution in [2.24, 2.45) is 0 Å². The summed E-state index contributed by atoms with van der Waals surface area (Å²) in [6, 6.07) is 27.7. The van der Waals surface area contributed by atoms with Gasteiger partial charge in [-0.05, 0) is 24.8 Å². The van der Waals surface area contributed by atoms with Crippen molar-refractivity contribution in [3.05, 3.63) is 90.1 Å². The van der Waals surface area contributed by atoms with E-state index in [2.05, 4.69) is 92.7 Å². The molecule has 0 radical (unpaired) electrons. The summed E-state index contributed by atoms with van der Waals surface area (Å²) in [4.78, 5) is 4.98. The molecule has 4 rings (SSSR count). The van der Waals surface area contributed by atoms with Gasteiger partial charge in [-0.25, -0.2) is 0 Å². The second-order valence-electron chi connectivity index (χ2n) is 6.20. The van der Waals surface area contributed by atoms with Crippen molar-refractivity contribution >= 4 is 10.8 Å². The number of hydrogen-bond donors (Lipinski definition) is 0. The van der Waals surface area contributed by atoms with Gasteiger partial charge in [0.15, 0.2) is 0 Å². The van der Waals surface area contributed by atoms with Gasteiger partial charge >= 0.3 is 0 Å². The van der Waals surface area contributed by atoms with Crippen LogP contribution in [-0.2, 0) is 0 Å². The molecule has 1 nitrogen and oxygen atoms in total. The van der Waals surface area contributed by atoms with Gasteiger partial charge < -0.3 is 0 Å². The number of nitrogens with zero attached hydrogens (tertiary/aromatic N) is 1. The van der Waals surface area contributed by atoms with Crippen molar-refractivity contribution in [3.63, 3.8) is 0 Å². The maximum absolute atomic E-state index is 4.98. The van der Waals surface area contributed by atoms with Gasteiger partial charge in [-0.15, -0.1) is 0 Å². The average molecular weight is 309 g/mol. The third-order valence-corrected chi connectivity index (χ3v) is 4.49. The minimum absolute atomic E-state index is 1.05. The first-order chi connectivity index (χ1) is 11.7. The Balaban J connectivity index is 2.11. The molecule has 0 aliphatic heterocycles. The average Bonchev–Trinajstić information content (AvgIpc) is 2.63. The first-order valence-electron chi connectivity index (χ1n) is 8.26. The molecule has 1 aromatic heterocycles. The van der Waals surface area contributed by atoms with E-state index in [-0.39, 0.29) is 0 Å². The Morgan fingerprint density at radius 3 is 1.92 bits per heavy atom. The van der Waals surface area contributed by atoms with Gasteiger partial charge in [0.05, 0.1) is 5.69 Å². The zero-order chi connectivity index (χ0) is 16.5. The van der Waals surface area contributed by atoms with E-state index in [1.807, 2.05) is 0 Å². The third-order valence-electron chi connectivity index (χ3n) is 4.49. The Labute approximate surface area is 142 Å². The minimum atomic E-state index is 1.05. The molecule has 0 saturated carbocycles. The maximum Gasteiger partial charge on any atom is 0.0789 e. The molecule has 0 amide bonds. The molecule has 0 atom stereocenters. The van der Waals surface area contributed by atoms with Gasteiger partial charge in [0.2, 0.25) is 0 Å². The molecule has 24 heavy (non-hydrogen) atoms. The van der Waals surface area contributed by atoms with E-state index in [4.69, 9.17) is 4.98 Å². The summed E-state index contributed by atoms with van der Waals surface area (Å²) < 4.78 is 0. The number of aromatic nitrogens is 1. The molecule has 116 valence electrons. The molecule has 3 aromatic carbocycles. The SMILES string of the molecule is Cc1ccc(-c2nc(C)c3ccccc3c2-c2ccccc2)cc1. The minimum Gasteiger partial charge on any atom is -0.252 e. The highest BCUT2D eigenvalue weighted by Gasteiger charge is 2.15. The molecule has 1 heterocycles. The molecule has 0 saturated heterocycles. The largest absolute Gasteiger partial charge is 0.252 e. The third kappa shape index (κ3) is 2.48. The summed E-state index contributed by atoms with van der Waals surface area (Å²) in [6.07, 6.45) is 0. The van der Waals surface area contributed by atoms with Crippen LogP contribution in [0.15, 0.2) is 78.9 Å². The van der Waals surface area contributed by atoms with E-state index in [9.17, 15) is 0 Å². The zero-order valence-corrected chi connectivity index (χ0v) is 14.0. The lowest BCUT2D eigenvalue weighted by molar-refractivity contribution is 1.24. The lowest BCUT2D eigenvalue weighted by atomic mass is 9.93. The topological polar surface area (TPSA) is 12.9 Å². The lowest BCUT2D eigenvalue weighted by Gasteiger charge is -2.15. The first-order valence-corrected chi connectivity index (χ1v) is 8.26. The smallest absolute Gasteiger partial charge is 0.0789 e. The molecule has 0 N–H and O–H groups in total. The van der Waals surface area contributed by atoms with E-state index in [1.165, 1.54) is 27.5 Å². The normalized spacial score (nSPS) is 10.9. The Bertz CT molecular complexity index is 999. The Morgan fingerprint density at radius 1 is 0.583 bits per heavy atom. The first kappa shape index (κ1) is 14.6. The van der Waals surface area contributed by atoms with Crippen LogP contribution in [0.3, 0.4) is 0 Å². The molecule has 0 bridgehead atoms. The zero-order valence-electron chi connectivity index (χ0n) is 14.0. The second-order valence-corrected chi connectivity index (χ2v) is 6.20. The molecule has 0 spiro atoms. The van der Waals surface area contributed by atoms with E-state index in [1.54, 1.807) is 0 Å². The van der Waals surface area contributed by atoms with Gasteiger partial charge in [0.25, 0.3) is 0 Å². The van der Waals surface area contributed by atoms with Crippen LogP contribution in [0.5, 0.6) is 0 Å². The van der Waals surface area contributed by atoms with Crippen LogP contribution in [0.25, 0.3) is 33.2 Å². The van der Waals surface area contributed by atoms with E-state index >= 15 is 0 Å². The summed E-state index contributed by atoms with van der Waals surface area (Å²) in [6.45, 7) is 4.20. The van der Waals surface area contributed by atoms with Gasteiger partial charge in [-0.1, -0.05) is 84.4 Å². The van der Waals surface area contributed by atoms with Crippen LogP contribution in [0.4, 0.5) is 0 Å². The summed E-state index contributed by atoms with van der Waals surface area (Å²) in [5.74, 6) is 0. The highest BCUT2D eigenvalue weighted by Crippen LogP contribution is 2.37. The molecule has 0 aliphatic carbocycles. The number of pyridine rings is 1. The van der Waals surface area contributed by atoms with Crippen LogP contribution in [0, 0.1) is 13.8 Å². The van der Waals surface area contributed by atoms with Crippen molar-refractivity contribution in [1.82, 2.24) is 4.98 Å². The molecular weight excluding hydrogens is 290 g/mol. The highest BCUT2D eigenvalue weighted by atomic mass is 14.7. The summed E-state index contributed by atoms with van der Waals surface area (Å²) in [5.41, 5.74) is 6.96. The van der Waals surface area contributed by atoms with Crippen molar-refractivity contribution in [2.75, 3.05) is 0 Å². The fourth-order valence-corrected chi connectivity index (χ4v) is 3.25. The number of benzene rings is 3. The maximum atomic E-state index is 4.98. The monoisotopic (exact) mass is 309 g/mol. The fourth-order valence-electron chi connectivity index (χ4n) is 3.25. The predicted octanol–water partition coefficient (Wildman–Crippen LogP) is 6.19. The number of rotatable bonds is 2. The predicted molar refractivity (Wildman–Crippen MR) is 102 cm³/mol. The van der Waals surface area contributed by atoms with Crippen LogP contribution in [0.1, 0.15) is 11.3 Å². The van der Waals surface area contributed by atoms with Crippen LogP contribution in [0.2, 0.25) is 0 Å². The number of hydrogen-bond acceptors (Lipinski definition) is 1. The van der Waals surface area contributed by atoms with Crippen molar-refractivity contribution in [2.45, 2.75) is 13.8 Å². The molecule has 1 heteroatoms. The summed E-state index contributed by atoms with van der Waals surface area (Å²) in [5, 5.41) is 2.47. The van der Waals surface area contributed by atoms with Crippen molar-refractivity contribution < 1.29 is 0 Å². The molecule has 0 fully saturated rings. The van der Waals surface area contributed by atoms with Gasteiger partial charge in [0, 0.05) is 22.2 Å². The van der Waals surface area contributed by atoms with E-state index in [0.717, 1.165) is 17.0 Å². The van der Waals surface area contributed by atoms with E-state index in [0.29, 0.717) is 0 Å². The van der Waals surface area contributed by atoms with Gasteiger partial charge in [-0.3, -0.25) is 4.98 Å². The van der Waals surface area contributed by atoms with Crippen LogP contribution < -0.4 is 0 Å². The van der Waals surface area contributed by atoms with Gasteiger partial charge in [0.1, 0.15) is 0 Å². The number of aryl methyl sites for hydroxylation is 2. The fraction of sp³-hybridized carbons (Fsp3) is 0.0870. The van der Waals surface area contributed by atoms with E-state index < -0.39 is 0 Å². The van der Waals surface area contributed by atoms with Crippen LogP contribution in [-0.4, -0.2) is 4.98 Å². The molecular formula is C23H19N. The van der Waals surface area contributed by atoms with Crippen molar-refractivity contribution in [3.8, 4) is 22.4 Å². The Morgan fingerprint density at radius 2 is 1.21 bits per heavy atom.